The molecular formula is C31H31NO7. The van der Waals surface area contributed by atoms with E-state index in [-0.39, 0.29) is 47.5 Å². The number of para-hydroxylation sites is 1. The Hall–Kier alpha value is -4.72. The van der Waals surface area contributed by atoms with Gasteiger partial charge < -0.3 is 30.1 Å². The molecule has 0 fully saturated rings. The molecule has 5 N–H and O–H groups in total. The maximum absolute atomic E-state index is 13.2. The fourth-order valence-electron chi connectivity index (χ4n) is 4.45. The first-order chi connectivity index (χ1) is 18.7. The predicted molar refractivity (Wildman–Crippen MR) is 148 cm³/mol. The number of nitrogens with one attached hydrogen (secondary N) is 1. The number of aromatic hydroxyl groups is 4. The molecule has 0 saturated carbocycles. The van der Waals surface area contributed by atoms with Crippen molar-refractivity contribution in [2.45, 2.75) is 38.7 Å². The number of ether oxygens (including phenoxy) is 1. The number of carbonyl (C=O) groups excluding carboxylic acids is 2. The average molecular weight is 530 g/mol. The normalized spacial score (nSPS) is 12.9. The Labute approximate surface area is 225 Å². The number of ketones is 1. The van der Waals surface area contributed by atoms with E-state index in [1.54, 1.807) is 6.07 Å². The van der Waals surface area contributed by atoms with E-state index in [1.165, 1.54) is 42.0 Å². The van der Waals surface area contributed by atoms with Crippen LogP contribution < -0.4 is 0 Å². The minimum atomic E-state index is -1.10. The van der Waals surface area contributed by atoms with Gasteiger partial charge in [-0.1, -0.05) is 37.3 Å². The van der Waals surface area contributed by atoms with Gasteiger partial charge in [0.25, 0.3) is 0 Å². The smallest absolute Gasteiger partial charge is 0.331 e. The van der Waals surface area contributed by atoms with E-state index in [1.807, 2.05) is 24.4 Å². The summed E-state index contributed by atoms with van der Waals surface area (Å²) in [5, 5.41) is 39.7. The van der Waals surface area contributed by atoms with E-state index >= 15 is 0 Å². The van der Waals surface area contributed by atoms with Gasteiger partial charge in [-0.2, -0.15) is 0 Å². The van der Waals surface area contributed by atoms with Crippen molar-refractivity contribution in [3.05, 3.63) is 89.6 Å². The van der Waals surface area contributed by atoms with Gasteiger partial charge in [0, 0.05) is 36.0 Å². The van der Waals surface area contributed by atoms with Crippen molar-refractivity contribution >= 4 is 28.7 Å². The molecule has 0 saturated heterocycles. The van der Waals surface area contributed by atoms with Crippen LogP contribution in [0.15, 0.2) is 72.9 Å². The Bertz CT molecular complexity index is 1500. The first-order valence-electron chi connectivity index (χ1n) is 12.7. The van der Waals surface area contributed by atoms with Crippen molar-refractivity contribution in [1.29, 1.82) is 0 Å². The van der Waals surface area contributed by atoms with Crippen molar-refractivity contribution in [2.75, 3.05) is 0 Å². The van der Waals surface area contributed by atoms with Crippen molar-refractivity contribution in [3.63, 3.8) is 0 Å². The van der Waals surface area contributed by atoms with Gasteiger partial charge in [0.2, 0.25) is 0 Å². The quantitative estimate of drug-likeness (QED) is 0.0997. The van der Waals surface area contributed by atoms with Gasteiger partial charge in [0.05, 0.1) is 0 Å². The summed E-state index contributed by atoms with van der Waals surface area (Å²) in [6, 6.07) is 16.3. The number of carbonyl (C=O) groups is 2. The largest absolute Gasteiger partial charge is 0.504 e. The number of phenolic OH excluding ortho intramolecular Hbond substituents is 4. The Morgan fingerprint density at radius 3 is 2.36 bits per heavy atom. The standard InChI is InChI=1S/C31H31NO7/c1-19(14-22-18-32-24-5-3-2-4-23(22)24)6-10-27(35)30(17-21-8-12-26(34)29(37)16-21)39-31(38)13-9-20-7-11-25(33)28(36)15-20/h2-5,7-9,11-13,15-16,18-19,30,32-34,36-37H,6,10,14,17H2,1H3/b13-9+/t19?,30-/m0/s1. The lowest BCUT2D eigenvalue weighted by atomic mass is 9.93. The molecule has 3 aromatic carbocycles. The van der Waals surface area contributed by atoms with E-state index in [0.717, 1.165) is 23.4 Å². The highest BCUT2D eigenvalue weighted by atomic mass is 16.5. The number of fused-ring (bicyclic) bond motifs is 1. The Morgan fingerprint density at radius 1 is 0.897 bits per heavy atom. The van der Waals surface area contributed by atoms with E-state index in [0.29, 0.717) is 17.5 Å². The van der Waals surface area contributed by atoms with E-state index < -0.39 is 12.1 Å². The van der Waals surface area contributed by atoms with E-state index in [9.17, 15) is 30.0 Å². The zero-order valence-corrected chi connectivity index (χ0v) is 21.5. The van der Waals surface area contributed by atoms with Crippen LogP contribution in [0.1, 0.15) is 36.5 Å². The third-order valence-electron chi connectivity index (χ3n) is 6.62. The minimum absolute atomic E-state index is 0.0308. The first-order valence-corrected chi connectivity index (χ1v) is 12.7. The Morgan fingerprint density at radius 2 is 1.62 bits per heavy atom. The number of hydrogen-bond donors (Lipinski definition) is 5. The molecule has 4 rings (SSSR count). The fourth-order valence-corrected chi connectivity index (χ4v) is 4.45. The molecule has 202 valence electrons. The predicted octanol–water partition coefficient (Wildman–Crippen LogP) is 5.39. The SMILES string of the molecule is CC(CCC(=O)[C@H](Cc1ccc(O)c(O)c1)OC(=O)/C=C/c1ccc(O)c(O)c1)Cc1c[nH]c2ccccc12. The zero-order chi connectivity index (χ0) is 27.9. The molecule has 1 heterocycles. The summed E-state index contributed by atoms with van der Waals surface area (Å²) >= 11 is 0. The summed E-state index contributed by atoms with van der Waals surface area (Å²) in [6.07, 6.45) is 5.04. The van der Waals surface area contributed by atoms with Crippen LogP contribution in [0.5, 0.6) is 23.0 Å². The number of aromatic amines is 1. The van der Waals surface area contributed by atoms with E-state index in [4.69, 9.17) is 4.74 Å². The highest BCUT2D eigenvalue weighted by Crippen LogP contribution is 2.28. The monoisotopic (exact) mass is 529 g/mol. The minimum Gasteiger partial charge on any atom is -0.504 e. The highest BCUT2D eigenvalue weighted by Gasteiger charge is 2.24. The Balaban J connectivity index is 1.42. The molecule has 0 radical (unpaired) electrons. The molecule has 0 spiro atoms. The summed E-state index contributed by atoms with van der Waals surface area (Å²) < 4.78 is 5.52. The third kappa shape index (κ3) is 7.19. The maximum atomic E-state index is 13.2. The summed E-state index contributed by atoms with van der Waals surface area (Å²) in [5.74, 6) is -2.03. The maximum Gasteiger partial charge on any atom is 0.331 e. The van der Waals surface area contributed by atoms with Crippen molar-refractivity contribution in [3.8, 4) is 23.0 Å². The Kier molecular flexibility index (Phi) is 8.56. The summed E-state index contributed by atoms with van der Waals surface area (Å²) in [6.45, 7) is 2.07. The molecule has 8 heteroatoms. The second kappa shape index (κ2) is 12.2. The number of phenols is 4. The van der Waals surface area contributed by atoms with Crippen LogP contribution >= 0.6 is 0 Å². The number of hydrogen-bond acceptors (Lipinski definition) is 7. The lowest BCUT2D eigenvalue weighted by molar-refractivity contribution is -0.150. The van der Waals surface area contributed by atoms with Crippen LogP contribution in [0.25, 0.3) is 17.0 Å². The highest BCUT2D eigenvalue weighted by molar-refractivity contribution is 5.91. The number of rotatable bonds is 11. The molecule has 1 unspecified atom stereocenters. The summed E-state index contributed by atoms with van der Waals surface area (Å²) in [4.78, 5) is 29.1. The molecule has 0 aliphatic heterocycles. The number of benzene rings is 3. The van der Waals surface area contributed by atoms with Crippen LogP contribution in [-0.2, 0) is 27.2 Å². The van der Waals surface area contributed by atoms with Gasteiger partial charge in [0.15, 0.2) is 34.9 Å². The summed E-state index contributed by atoms with van der Waals surface area (Å²) in [5.41, 5.74) is 3.23. The van der Waals surface area contributed by atoms with Crippen molar-refractivity contribution < 1.29 is 34.8 Å². The molecular weight excluding hydrogens is 498 g/mol. The molecule has 8 nitrogen and oxygen atoms in total. The van der Waals surface area contributed by atoms with E-state index in [2.05, 4.69) is 18.0 Å². The van der Waals surface area contributed by atoms with Crippen LogP contribution in [0, 0.1) is 5.92 Å². The first kappa shape index (κ1) is 27.3. The second-order valence-electron chi connectivity index (χ2n) is 9.71. The van der Waals surface area contributed by atoms with Crippen LogP contribution in [0.4, 0.5) is 0 Å². The molecule has 39 heavy (non-hydrogen) atoms. The lowest BCUT2D eigenvalue weighted by Gasteiger charge is -2.18. The van der Waals surface area contributed by atoms with Gasteiger partial charge in [0.1, 0.15) is 0 Å². The molecule has 0 amide bonds. The van der Waals surface area contributed by atoms with Crippen LogP contribution in [0.2, 0.25) is 0 Å². The number of esters is 1. The second-order valence-corrected chi connectivity index (χ2v) is 9.71. The van der Waals surface area contributed by atoms with Gasteiger partial charge in [-0.3, -0.25) is 4.79 Å². The van der Waals surface area contributed by atoms with Crippen molar-refractivity contribution in [1.82, 2.24) is 4.98 Å². The third-order valence-corrected chi connectivity index (χ3v) is 6.62. The van der Waals surface area contributed by atoms with Gasteiger partial charge in [-0.25, -0.2) is 4.79 Å². The molecule has 4 aromatic rings. The molecule has 0 bridgehead atoms. The molecule has 1 aromatic heterocycles. The van der Waals surface area contributed by atoms with Crippen LogP contribution in [0.3, 0.4) is 0 Å². The summed E-state index contributed by atoms with van der Waals surface area (Å²) in [7, 11) is 0. The molecule has 0 aliphatic rings. The lowest BCUT2D eigenvalue weighted by Crippen LogP contribution is -2.29. The number of aromatic nitrogens is 1. The fraction of sp³-hybridized carbons (Fsp3) is 0.226. The molecule has 2 atom stereocenters. The number of H-pyrrole nitrogens is 1. The number of Topliss-reactive ketones (excluding diaryl/α,β-unsaturated/α-hetero) is 1. The van der Waals surface area contributed by atoms with Gasteiger partial charge in [-0.15, -0.1) is 0 Å². The van der Waals surface area contributed by atoms with Crippen LogP contribution in [-0.4, -0.2) is 43.3 Å². The zero-order valence-electron chi connectivity index (χ0n) is 21.5. The average Bonchev–Trinajstić information content (AvgIpc) is 3.32. The molecule has 0 aliphatic carbocycles. The van der Waals surface area contributed by atoms with Crippen molar-refractivity contribution in [2.24, 2.45) is 5.92 Å². The van der Waals surface area contributed by atoms with Gasteiger partial charge in [-0.05, 0) is 71.9 Å². The van der Waals surface area contributed by atoms with Gasteiger partial charge >= 0.3 is 5.97 Å². The topological polar surface area (TPSA) is 140 Å².